The van der Waals surface area contributed by atoms with Gasteiger partial charge in [-0.15, -0.1) is 0 Å². The number of nitrogen functional groups attached to an aromatic ring is 1. The SMILES string of the molecule is Cc1c(N)nc(C(C)(C)C)nc1NC(C)CCC(C)C. The van der Waals surface area contributed by atoms with Crippen LogP contribution in [0.5, 0.6) is 0 Å². The summed E-state index contributed by atoms with van der Waals surface area (Å²) in [5.74, 6) is 2.96. The Labute approximate surface area is 123 Å². The van der Waals surface area contributed by atoms with Gasteiger partial charge in [0.15, 0.2) is 0 Å². The van der Waals surface area contributed by atoms with Gasteiger partial charge in [0.05, 0.1) is 0 Å². The van der Waals surface area contributed by atoms with E-state index in [1.165, 1.54) is 6.42 Å². The highest BCUT2D eigenvalue weighted by atomic mass is 15.1. The summed E-state index contributed by atoms with van der Waals surface area (Å²) in [6.45, 7) is 15.0. The van der Waals surface area contributed by atoms with E-state index in [0.717, 1.165) is 29.5 Å². The Kier molecular flexibility index (Phi) is 5.37. The van der Waals surface area contributed by atoms with E-state index in [1.54, 1.807) is 0 Å². The lowest BCUT2D eigenvalue weighted by Gasteiger charge is -2.22. The van der Waals surface area contributed by atoms with E-state index in [-0.39, 0.29) is 5.41 Å². The Morgan fingerprint density at radius 3 is 2.20 bits per heavy atom. The molecule has 0 fully saturated rings. The van der Waals surface area contributed by atoms with E-state index < -0.39 is 0 Å². The summed E-state index contributed by atoms with van der Waals surface area (Å²) in [5, 5.41) is 3.49. The molecule has 1 heterocycles. The number of nitrogens with zero attached hydrogens (tertiary/aromatic N) is 2. The smallest absolute Gasteiger partial charge is 0.138 e. The van der Waals surface area contributed by atoms with Gasteiger partial charge in [0, 0.05) is 17.0 Å². The molecule has 0 bridgehead atoms. The third-order valence-electron chi connectivity index (χ3n) is 3.41. The first-order valence-electron chi connectivity index (χ1n) is 7.52. The maximum Gasteiger partial charge on any atom is 0.138 e. The summed E-state index contributed by atoms with van der Waals surface area (Å²) in [6.07, 6.45) is 2.34. The molecule has 4 nitrogen and oxygen atoms in total. The van der Waals surface area contributed by atoms with Gasteiger partial charge in [0.25, 0.3) is 0 Å². The lowest BCUT2D eigenvalue weighted by atomic mass is 9.95. The van der Waals surface area contributed by atoms with Crippen molar-refractivity contribution in [3.05, 3.63) is 11.4 Å². The molecule has 0 aliphatic heterocycles. The molecule has 0 aromatic carbocycles. The van der Waals surface area contributed by atoms with Crippen LogP contribution >= 0.6 is 0 Å². The van der Waals surface area contributed by atoms with E-state index in [1.807, 2.05) is 6.92 Å². The van der Waals surface area contributed by atoms with Gasteiger partial charge in [-0.25, -0.2) is 9.97 Å². The van der Waals surface area contributed by atoms with Crippen LogP contribution in [0, 0.1) is 12.8 Å². The minimum atomic E-state index is -0.0978. The van der Waals surface area contributed by atoms with Crippen molar-refractivity contribution >= 4 is 11.6 Å². The van der Waals surface area contributed by atoms with Crippen LogP contribution in [0.2, 0.25) is 0 Å². The molecule has 4 heteroatoms. The van der Waals surface area contributed by atoms with E-state index in [9.17, 15) is 0 Å². The number of nitrogens with one attached hydrogen (secondary N) is 1. The maximum absolute atomic E-state index is 6.02. The highest BCUT2D eigenvalue weighted by molar-refractivity contribution is 5.55. The normalized spacial score (nSPS) is 13.6. The van der Waals surface area contributed by atoms with Gasteiger partial charge in [0.1, 0.15) is 17.5 Å². The monoisotopic (exact) mass is 278 g/mol. The molecule has 1 atom stereocenters. The van der Waals surface area contributed by atoms with Crippen LogP contribution < -0.4 is 11.1 Å². The quantitative estimate of drug-likeness (QED) is 0.857. The highest BCUT2D eigenvalue weighted by Gasteiger charge is 2.20. The third kappa shape index (κ3) is 4.66. The topological polar surface area (TPSA) is 63.8 Å². The van der Waals surface area contributed by atoms with Crippen molar-refractivity contribution < 1.29 is 0 Å². The molecular formula is C16H30N4. The van der Waals surface area contributed by atoms with Gasteiger partial charge in [-0.2, -0.15) is 0 Å². The summed E-state index contributed by atoms with van der Waals surface area (Å²) < 4.78 is 0. The Morgan fingerprint density at radius 1 is 1.10 bits per heavy atom. The van der Waals surface area contributed by atoms with Crippen LogP contribution in [0.1, 0.15) is 65.8 Å². The summed E-state index contributed by atoms with van der Waals surface area (Å²) >= 11 is 0. The average Bonchev–Trinajstić information content (AvgIpc) is 2.30. The van der Waals surface area contributed by atoms with Gasteiger partial charge >= 0.3 is 0 Å². The van der Waals surface area contributed by atoms with E-state index >= 15 is 0 Å². The molecule has 1 rings (SSSR count). The van der Waals surface area contributed by atoms with Crippen LogP contribution in [0.15, 0.2) is 0 Å². The molecule has 1 unspecified atom stereocenters. The number of aromatic nitrogens is 2. The zero-order valence-electron chi connectivity index (χ0n) is 14.0. The van der Waals surface area contributed by atoms with Crippen LogP contribution in [-0.2, 0) is 5.41 Å². The largest absolute Gasteiger partial charge is 0.383 e. The van der Waals surface area contributed by atoms with Crippen LogP contribution in [0.25, 0.3) is 0 Å². The lowest BCUT2D eigenvalue weighted by molar-refractivity contribution is 0.524. The van der Waals surface area contributed by atoms with Crippen molar-refractivity contribution in [2.45, 2.75) is 72.8 Å². The van der Waals surface area contributed by atoms with Crippen LogP contribution in [0.3, 0.4) is 0 Å². The average molecular weight is 278 g/mol. The molecule has 0 radical (unpaired) electrons. The fourth-order valence-corrected chi connectivity index (χ4v) is 1.90. The molecule has 20 heavy (non-hydrogen) atoms. The second-order valence-corrected chi connectivity index (χ2v) is 7.17. The molecule has 1 aromatic heterocycles. The van der Waals surface area contributed by atoms with Crippen LogP contribution in [0.4, 0.5) is 11.6 Å². The Morgan fingerprint density at radius 2 is 1.70 bits per heavy atom. The minimum absolute atomic E-state index is 0.0978. The zero-order chi connectivity index (χ0) is 15.5. The summed E-state index contributed by atoms with van der Waals surface area (Å²) in [4.78, 5) is 9.08. The molecular weight excluding hydrogens is 248 g/mol. The molecule has 0 spiro atoms. The molecule has 1 aromatic rings. The first kappa shape index (κ1) is 16.7. The van der Waals surface area contributed by atoms with E-state index in [4.69, 9.17) is 5.73 Å². The molecule has 0 saturated heterocycles. The molecule has 0 aliphatic carbocycles. The fourth-order valence-electron chi connectivity index (χ4n) is 1.90. The minimum Gasteiger partial charge on any atom is -0.383 e. The van der Waals surface area contributed by atoms with Crippen molar-refractivity contribution in [3.8, 4) is 0 Å². The highest BCUT2D eigenvalue weighted by Crippen LogP contribution is 2.25. The maximum atomic E-state index is 6.02. The number of hydrogen-bond donors (Lipinski definition) is 2. The zero-order valence-corrected chi connectivity index (χ0v) is 14.0. The molecule has 0 amide bonds. The van der Waals surface area contributed by atoms with Crippen molar-refractivity contribution in [2.24, 2.45) is 5.92 Å². The fraction of sp³-hybridized carbons (Fsp3) is 0.750. The van der Waals surface area contributed by atoms with Gasteiger partial charge in [-0.3, -0.25) is 0 Å². The molecule has 3 N–H and O–H groups in total. The lowest BCUT2D eigenvalue weighted by Crippen LogP contribution is -2.22. The summed E-state index contributed by atoms with van der Waals surface area (Å²) in [7, 11) is 0. The van der Waals surface area contributed by atoms with Crippen molar-refractivity contribution in [1.29, 1.82) is 0 Å². The summed E-state index contributed by atoms with van der Waals surface area (Å²) in [6, 6.07) is 0.387. The Hall–Kier alpha value is -1.32. The number of hydrogen-bond acceptors (Lipinski definition) is 4. The van der Waals surface area contributed by atoms with Crippen molar-refractivity contribution in [2.75, 3.05) is 11.1 Å². The van der Waals surface area contributed by atoms with Crippen molar-refractivity contribution in [3.63, 3.8) is 0 Å². The number of rotatable bonds is 5. The van der Waals surface area contributed by atoms with Crippen molar-refractivity contribution in [1.82, 2.24) is 9.97 Å². The standard InChI is InChI=1S/C16H30N4/c1-10(2)8-9-11(3)18-14-12(4)13(17)19-15(20-14)16(5,6)7/h10-11H,8-9H2,1-7H3,(H3,17,18,19,20). The number of nitrogens with two attached hydrogens (primary N) is 1. The van der Waals surface area contributed by atoms with Gasteiger partial charge in [-0.1, -0.05) is 34.6 Å². The van der Waals surface area contributed by atoms with E-state index in [0.29, 0.717) is 11.9 Å². The van der Waals surface area contributed by atoms with Gasteiger partial charge < -0.3 is 11.1 Å². The molecule has 0 saturated carbocycles. The Balaban J connectivity index is 2.91. The first-order valence-corrected chi connectivity index (χ1v) is 7.52. The molecule has 114 valence electrons. The predicted molar refractivity (Wildman–Crippen MR) is 87.0 cm³/mol. The molecule has 0 aliphatic rings. The Bertz CT molecular complexity index is 447. The van der Waals surface area contributed by atoms with Gasteiger partial charge in [-0.05, 0) is 32.6 Å². The summed E-state index contributed by atoms with van der Waals surface area (Å²) in [5.41, 5.74) is 6.87. The second kappa shape index (κ2) is 6.42. The van der Waals surface area contributed by atoms with Crippen LogP contribution in [-0.4, -0.2) is 16.0 Å². The third-order valence-corrected chi connectivity index (χ3v) is 3.41. The number of anilines is 2. The second-order valence-electron chi connectivity index (χ2n) is 7.17. The van der Waals surface area contributed by atoms with E-state index in [2.05, 4.69) is 56.8 Å². The van der Waals surface area contributed by atoms with Gasteiger partial charge in [0.2, 0.25) is 0 Å². The first-order chi connectivity index (χ1) is 9.11. The predicted octanol–water partition coefficient (Wildman–Crippen LogP) is 3.90.